The Kier molecular flexibility index (Phi) is 3.91. The van der Waals surface area contributed by atoms with Crippen molar-refractivity contribution < 1.29 is 5.11 Å². The van der Waals surface area contributed by atoms with E-state index in [0.717, 1.165) is 24.8 Å². The van der Waals surface area contributed by atoms with Gasteiger partial charge in [-0.15, -0.1) is 0 Å². The van der Waals surface area contributed by atoms with E-state index in [9.17, 15) is 5.11 Å². The van der Waals surface area contributed by atoms with E-state index < -0.39 is 6.10 Å². The number of hydrogen-bond donors (Lipinski definition) is 1. The molecule has 0 saturated heterocycles. The number of halogens is 2. The Morgan fingerprint density at radius 3 is 2.69 bits per heavy atom. The van der Waals surface area contributed by atoms with Crippen LogP contribution >= 0.6 is 23.2 Å². The lowest BCUT2D eigenvalue weighted by atomic mass is 9.92. The first kappa shape index (κ1) is 12.0. The van der Waals surface area contributed by atoms with Crippen LogP contribution in [0.1, 0.15) is 37.4 Å². The molecule has 1 aliphatic carbocycles. The standard InChI is InChI=1S/C13H14Cl2O/c14-11-8-4-7-10(12(11)15)13(16)9-5-2-1-3-6-9/h4-5,7-8,13,16H,1-3,6H2. The molecule has 1 nitrogen and oxygen atoms in total. The summed E-state index contributed by atoms with van der Waals surface area (Å²) in [6, 6.07) is 5.37. The fourth-order valence-electron chi connectivity index (χ4n) is 2.04. The highest BCUT2D eigenvalue weighted by Gasteiger charge is 2.18. The third-order valence-corrected chi connectivity index (χ3v) is 3.79. The third kappa shape index (κ3) is 2.42. The summed E-state index contributed by atoms with van der Waals surface area (Å²) in [6.45, 7) is 0. The van der Waals surface area contributed by atoms with Crippen molar-refractivity contribution in [3.63, 3.8) is 0 Å². The molecule has 1 aromatic carbocycles. The number of rotatable bonds is 2. The molecule has 0 radical (unpaired) electrons. The number of hydrogen-bond acceptors (Lipinski definition) is 1. The molecule has 1 atom stereocenters. The van der Waals surface area contributed by atoms with E-state index in [0.29, 0.717) is 15.6 Å². The van der Waals surface area contributed by atoms with Gasteiger partial charge < -0.3 is 5.11 Å². The molecular weight excluding hydrogens is 243 g/mol. The Labute approximate surface area is 106 Å². The fourth-order valence-corrected chi connectivity index (χ4v) is 2.45. The second-order valence-electron chi connectivity index (χ2n) is 4.07. The summed E-state index contributed by atoms with van der Waals surface area (Å²) in [4.78, 5) is 0. The second kappa shape index (κ2) is 5.22. The minimum atomic E-state index is -0.605. The van der Waals surface area contributed by atoms with Crippen molar-refractivity contribution in [3.05, 3.63) is 45.5 Å². The summed E-state index contributed by atoms with van der Waals surface area (Å²) < 4.78 is 0. The van der Waals surface area contributed by atoms with Gasteiger partial charge in [0.25, 0.3) is 0 Å². The molecule has 0 fully saturated rings. The van der Waals surface area contributed by atoms with Gasteiger partial charge >= 0.3 is 0 Å². The molecule has 86 valence electrons. The Bertz CT molecular complexity index is 412. The highest BCUT2D eigenvalue weighted by atomic mass is 35.5. The van der Waals surface area contributed by atoms with Gasteiger partial charge in [0.2, 0.25) is 0 Å². The van der Waals surface area contributed by atoms with Crippen LogP contribution in [0.5, 0.6) is 0 Å². The molecule has 0 saturated carbocycles. The highest BCUT2D eigenvalue weighted by Crippen LogP contribution is 2.36. The fraction of sp³-hybridized carbons (Fsp3) is 0.385. The summed E-state index contributed by atoms with van der Waals surface area (Å²) >= 11 is 12.0. The minimum absolute atomic E-state index is 0.461. The van der Waals surface area contributed by atoms with E-state index in [-0.39, 0.29) is 0 Å². The van der Waals surface area contributed by atoms with Gasteiger partial charge in [0.1, 0.15) is 6.10 Å². The molecule has 1 N–H and O–H groups in total. The van der Waals surface area contributed by atoms with Crippen molar-refractivity contribution in [3.8, 4) is 0 Å². The van der Waals surface area contributed by atoms with E-state index in [2.05, 4.69) is 6.08 Å². The molecule has 0 spiro atoms. The lowest BCUT2D eigenvalue weighted by Crippen LogP contribution is -2.05. The predicted molar refractivity (Wildman–Crippen MR) is 68.0 cm³/mol. The molecule has 1 aromatic rings. The van der Waals surface area contributed by atoms with Crippen LogP contribution in [0.2, 0.25) is 10.0 Å². The van der Waals surface area contributed by atoms with Crippen molar-refractivity contribution in [1.29, 1.82) is 0 Å². The topological polar surface area (TPSA) is 20.2 Å². The van der Waals surface area contributed by atoms with E-state index in [4.69, 9.17) is 23.2 Å². The quantitative estimate of drug-likeness (QED) is 0.772. The first-order valence-electron chi connectivity index (χ1n) is 5.51. The van der Waals surface area contributed by atoms with Crippen molar-refractivity contribution in [2.45, 2.75) is 31.8 Å². The zero-order valence-electron chi connectivity index (χ0n) is 8.92. The number of allylic oxidation sites excluding steroid dienone is 1. The predicted octanol–water partition coefficient (Wildman–Crippen LogP) is 4.53. The molecule has 3 heteroatoms. The Morgan fingerprint density at radius 1 is 1.19 bits per heavy atom. The number of benzene rings is 1. The SMILES string of the molecule is OC(C1=CCCCC1)c1cccc(Cl)c1Cl. The molecule has 1 aliphatic rings. The van der Waals surface area contributed by atoms with Gasteiger partial charge in [-0.3, -0.25) is 0 Å². The molecule has 1 unspecified atom stereocenters. The van der Waals surface area contributed by atoms with Gasteiger partial charge in [-0.2, -0.15) is 0 Å². The van der Waals surface area contributed by atoms with Gasteiger partial charge in [0.05, 0.1) is 10.0 Å². The first-order chi connectivity index (χ1) is 7.70. The molecule has 16 heavy (non-hydrogen) atoms. The van der Waals surface area contributed by atoms with E-state index >= 15 is 0 Å². The lowest BCUT2D eigenvalue weighted by molar-refractivity contribution is 0.208. The average Bonchev–Trinajstić information content (AvgIpc) is 2.33. The largest absolute Gasteiger partial charge is 0.384 e. The monoisotopic (exact) mass is 256 g/mol. The molecule has 2 rings (SSSR count). The van der Waals surface area contributed by atoms with Crippen molar-refractivity contribution >= 4 is 23.2 Å². The third-order valence-electron chi connectivity index (χ3n) is 2.95. The highest BCUT2D eigenvalue weighted by molar-refractivity contribution is 6.42. The number of aliphatic hydroxyl groups excluding tert-OH is 1. The zero-order chi connectivity index (χ0) is 11.5. The van der Waals surface area contributed by atoms with Crippen molar-refractivity contribution in [1.82, 2.24) is 0 Å². The molecule has 0 aromatic heterocycles. The van der Waals surface area contributed by atoms with Gasteiger partial charge in [0.15, 0.2) is 0 Å². The average molecular weight is 257 g/mol. The molecule has 0 heterocycles. The normalized spacial score (nSPS) is 18.1. The maximum Gasteiger partial charge on any atom is 0.102 e. The second-order valence-corrected chi connectivity index (χ2v) is 4.86. The summed E-state index contributed by atoms with van der Waals surface area (Å²) in [6.07, 6.45) is 5.85. The lowest BCUT2D eigenvalue weighted by Gasteiger charge is -2.20. The zero-order valence-corrected chi connectivity index (χ0v) is 10.4. The first-order valence-corrected chi connectivity index (χ1v) is 6.26. The van der Waals surface area contributed by atoms with E-state index in [1.807, 2.05) is 12.1 Å². The summed E-state index contributed by atoms with van der Waals surface area (Å²) in [5, 5.41) is 11.2. The van der Waals surface area contributed by atoms with Crippen molar-refractivity contribution in [2.24, 2.45) is 0 Å². The van der Waals surface area contributed by atoms with Crippen LogP contribution in [0.15, 0.2) is 29.8 Å². The van der Waals surface area contributed by atoms with E-state index in [1.165, 1.54) is 6.42 Å². The van der Waals surface area contributed by atoms with Gasteiger partial charge in [-0.05, 0) is 37.3 Å². The van der Waals surface area contributed by atoms with Crippen LogP contribution in [0.4, 0.5) is 0 Å². The van der Waals surface area contributed by atoms with Gasteiger partial charge in [0, 0.05) is 5.56 Å². The molecular formula is C13H14Cl2O. The smallest absolute Gasteiger partial charge is 0.102 e. The van der Waals surface area contributed by atoms with Gasteiger partial charge in [-0.25, -0.2) is 0 Å². The Balaban J connectivity index is 2.29. The summed E-state index contributed by atoms with van der Waals surface area (Å²) in [5.41, 5.74) is 1.78. The Hall–Kier alpha value is -0.500. The summed E-state index contributed by atoms with van der Waals surface area (Å²) in [5.74, 6) is 0. The van der Waals surface area contributed by atoms with Crippen LogP contribution in [-0.4, -0.2) is 5.11 Å². The van der Waals surface area contributed by atoms with Crippen LogP contribution in [0.3, 0.4) is 0 Å². The summed E-state index contributed by atoms with van der Waals surface area (Å²) in [7, 11) is 0. The van der Waals surface area contributed by atoms with E-state index in [1.54, 1.807) is 6.07 Å². The molecule has 0 amide bonds. The number of aliphatic hydroxyl groups is 1. The van der Waals surface area contributed by atoms with Crippen molar-refractivity contribution in [2.75, 3.05) is 0 Å². The van der Waals surface area contributed by atoms with Crippen LogP contribution in [0.25, 0.3) is 0 Å². The Morgan fingerprint density at radius 2 is 2.00 bits per heavy atom. The van der Waals surface area contributed by atoms with Gasteiger partial charge in [-0.1, -0.05) is 41.4 Å². The van der Waals surface area contributed by atoms with Crippen LogP contribution in [-0.2, 0) is 0 Å². The maximum absolute atomic E-state index is 10.2. The molecule has 0 aliphatic heterocycles. The van der Waals surface area contributed by atoms with Crippen LogP contribution in [0, 0.1) is 0 Å². The maximum atomic E-state index is 10.2. The minimum Gasteiger partial charge on any atom is -0.384 e. The van der Waals surface area contributed by atoms with Crippen LogP contribution < -0.4 is 0 Å². The molecule has 0 bridgehead atoms.